The van der Waals surface area contributed by atoms with E-state index in [0.717, 1.165) is 11.8 Å². The van der Waals surface area contributed by atoms with Crippen LogP contribution in [-0.2, 0) is 10.0 Å². The van der Waals surface area contributed by atoms with E-state index in [4.69, 9.17) is 21.1 Å². The third-order valence-electron chi connectivity index (χ3n) is 3.77. The quantitative estimate of drug-likeness (QED) is 0.728. The molecule has 0 aliphatic rings. The molecule has 0 aliphatic carbocycles. The number of methoxy groups -OCH3 is 2. The van der Waals surface area contributed by atoms with Crippen molar-refractivity contribution < 1.29 is 22.7 Å². The molecule has 7 nitrogen and oxygen atoms in total. The zero-order valence-electron chi connectivity index (χ0n) is 15.4. The van der Waals surface area contributed by atoms with Gasteiger partial charge in [-0.2, -0.15) is 0 Å². The second-order valence-corrected chi connectivity index (χ2v) is 8.03. The van der Waals surface area contributed by atoms with E-state index >= 15 is 0 Å². The topological polar surface area (TPSA) is 93.7 Å². The first kappa shape index (κ1) is 20.9. The van der Waals surface area contributed by atoms with Gasteiger partial charge in [-0.05, 0) is 42.8 Å². The molecule has 2 rings (SSSR count). The van der Waals surface area contributed by atoms with Crippen LogP contribution in [0.15, 0.2) is 36.4 Å². The molecule has 2 N–H and O–H groups in total. The number of amides is 1. The van der Waals surface area contributed by atoms with Gasteiger partial charge in [0.2, 0.25) is 10.0 Å². The lowest BCUT2D eigenvalue weighted by molar-refractivity contribution is 0.0940. The highest BCUT2D eigenvalue weighted by molar-refractivity contribution is 7.92. The summed E-state index contributed by atoms with van der Waals surface area (Å²) < 4.78 is 35.5. The Kier molecular flexibility index (Phi) is 6.56. The largest absolute Gasteiger partial charge is 0.493 e. The molecule has 27 heavy (non-hydrogen) atoms. The minimum atomic E-state index is -3.46. The molecular weight excluding hydrogens is 392 g/mol. The first-order valence-corrected chi connectivity index (χ1v) is 10.2. The maximum absolute atomic E-state index is 12.6. The summed E-state index contributed by atoms with van der Waals surface area (Å²) in [6.45, 7) is 1.81. The molecule has 0 saturated heterocycles. The van der Waals surface area contributed by atoms with Gasteiger partial charge in [-0.15, -0.1) is 0 Å². The Bertz CT molecular complexity index is 947. The highest BCUT2D eigenvalue weighted by atomic mass is 35.5. The number of carbonyl (C=O) groups excluding carboxylic acids is 1. The second-order valence-electron chi connectivity index (χ2n) is 5.88. The van der Waals surface area contributed by atoms with Crippen molar-refractivity contribution >= 4 is 33.2 Å². The van der Waals surface area contributed by atoms with Crippen LogP contribution in [0.4, 0.5) is 5.69 Å². The summed E-state index contributed by atoms with van der Waals surface area (Å²) in [7, 11) is -0.387. The van der Waals surface area contributed by atoms with E-state index < -0.39 is 15.9 Å². The van der Waals surface area contributed by atoms with E-state index in [0.29, 0.717) is 11.5 Å². The number of anilines is 1. The van der Waals surface area contributed by atoms with Crippen LogP contribution >= 0.6 is 11.6 Å². The van der Waals surface area contributed by atoms with Gasteiger partial charge in [0, 0.05) is 5.69 Å². The van der Waals surface area contributed by atoms with Crippen LogP contribution in [0.2, 0.25) is 5.02 Å². The predicted octanol–water partition coefficient (Wildman–Crippen LogP) is 3.22. The summed E-state index contributed by atoms with van der Waals surface area (Å²) in [5, 5.41) is 3.05. The Hall–Kier alpha value is -2.45. The molecule has 1 unspecified atom stereocenters. The van der Waals surface area contributed by atoms with Crippen LogP contribution in [0.3, 0.4) is 0 Å². The molecule has 0 heterocycles. The van der Waals surface area contributed by atoms with Crippen LogP contribution in [0, 0.1) is 0 Å². The highest BCUT2D eigenvalue weighted by Gasteiger charge is 2.17. The minimum Gasteiger partial charge on any atom is -0.493 e. The Balaban J connectivity index is 2.22. The van der Waals surface area contributed by atoms with Crippen molar-refractivity contribution in [1.29, 1.82) is 0 Å². The van der Waals surface area contributed by atoms with Crippen LogP contribution in [0.25, 0.3) is 0 Å². The van der Waals surface area contributed by atoms with E-state index in [2.05, 4.69) is 10.0 Å². The third kappa shape index (κ3) is 5.51. The maximum Gasteiger partial charge on any atom is 0.253 e. The monoisotopic (exact) mass is 412 g/mol. The maximum atomic E-state index is 12.6. The van der Waals surface area contributed by atoms with Crippen molar-refractivity contribution in [2.24, 2.45) is 0 Å². The number of ether oxygens (including phenoxy) is 2. The molecule has 9 heteroatoms. The summed E-state index contributed by atoms with van der Waals surface area (Å²) >= 11 is 6.10. The van der Waals surface area contributed by atoms with Gasteiger partial charge in [-0.25, -0.2) is 8.42 Å². The minimum absolute atomic E-state index is 0.164. The standard InChI is InChI=1S/C18H21ClN2O5S/c1-11(12-5-8-16(25-2)17(9-12)26-3)20-18(22)14-10-13(6-7-15(14)19)21-27(4,23)24/h5-11,21H,1-4H3,(H,20,22). The van der Waals surface area contributed by atoms with Gasteiger partial charge in [-0.3, -0.25) is 9.52 Å². The second kappa shape index (κ2) is 8.49. The molecule has 0 aliphatic heterocycles. The molecule has 0 aromatic heterocycles. The van der Waals surface area contributed by atoms with E-state index in [1.807, 2.05) is 13.0 Å². The van der Waals surface area contributed by atoms with Gasteiger partial charge in [-0.1, -0.05) is 17.7 Å². The van der Waals surface area contributed by atoms with E-state index in [-0.39, 0.29) is 22.3 Å². The zero-order chi connectivity index (χ0) is 20.2. The van der Waals surface area contributed by atoms with Gasteiger partial charge in [0.1, 0.15) is 0 Å². The molecule has 0 radical (unpaired) electrons. The summed E-state index contributed by atoms with van der Waals surface area (Å²) in [6.07, 6.45) is 1.03. The molecule has 1 atom stereocenters. The summed E-state index contributed by atoms with van der Waals surface area (Å²) in [5.74, 6) is 0.704. The van der Waals surface area contributed by atoms with Crippen molar-refractivity contribution in [1.82, 2.24) is 5.32 Å². The summed E-state index contributed by atoms with van der Waals surface area (Å²) in [5.41, 5.74) is 1.23. The number of rotatable bonds is 7. The number of carbonyl (C=O) groups is 1. The van der Waals surface area contributed by atoms with Gasteiger partial charge in [0.25, 0.3) is 5.91 Å². The fraction of sp³-hybridized carbons (Fsp3) is 0.278. The first-order valence-electron chi connectivity index (χ1n) is 7.94. The molecule has 2 aromatic rings. The molecule has 0 spiro atoms. The SMILES string of the molecule is COc1ccc(C(C)NC(=O)c2cc(NS(C)(=O)=O)ccc2Cl)cc1OC. The number of sulfonamides is 1. The van der Waals surface area contributed by atoms with Crippen LogP contribution in [0.1, 0.15) is 28.9 Å². The van der Waals surface area contributed by atoms with Crippen molar-refractivity contribution in [2.75, 3.05) is 25.2 Å². The number of nitrogens with one attached hydrogen (secondary N) is 2. The van der Waals surface area contributed by atoms with Crippen molar-refractivity contribution in [3.63, 3.8) is 0 Å². The number of hydrogen-bond acceptors (Lipinski definition) is 5. The van der Waals surface area contributed by atoms with E-state index in [9.17, 15) is 13.2 Å². The van der Waals surface area contributed by atoms with Gasteiger partial charge in [0.15, 0.2) is 11.5 Å². The molecule has 0 saturated carbocycles. The van der Waals surface area contributed by atoms with Crippen LogP contribution in [-0.4, -0.2) is 34.8 Å². The molecule has 146 valence electrons. The smallest absolute Gasteiger partial charge is 0.253 e. The van der Waals surface area contributed by atoms with Gasteiger partial charge < -0.3 is 14.8 Å². The van der Waals surface area contributed by atoms with Crippen LogP contribution < -0.4 is 19.5 Å². The van der Waals surface area contributed by atoms with Gasteiger partial charge >= 0.3 is 0 Å². The lowest BCUT2D eigenvalue weighted by Gasteiger charge is -2.17. The zero-order valence-corrected chi connectivity index (χ0v) is 16.9. The highest BCUT2D eigenvalue weighted by Crippen LogP contribution is 2.30. The molecule has 0 fully saturated rings. The molecular formula is C18H21ClN2O5S. The number of halogens is 1. The number of hydrogen-bond donors (Lipinski definition) is 2. The summed E-state index contributed by atoms with van der Waals surface area (Å²) in [6, 6.07) is 9.33. The van der Waals surface area contributed by atoms with Gasteiger partial charge in [0.05, 0.1) is 37.1 Å². The Morgan fingerprint density at radius 3 is 2.33 bits per heavy atom. The third-order valence-corrected chi connectivity index (χ3v) is 4.71. The van der Waals surface area contributed by atoms with E-state index in [1.54, 1.807) is 19.2 Å². The Labute approximate surface area is 163 Å². The summed E-state index contributed by atoms with van der Waals surface area (Å²) in [4.78, 5) is 12.6. The molecule has 1 amide bonds. The van der Waals surface area contributed by atoms with Crippen LogP contribution in [0.5, 0.6) is 11.5 Å². The normalized spacial score (nSPS) is 12.2. The first-order chi connectivity index (χ1) is 12.6. The fourth-order valence-corrected chi connectivity index (χ4v) is 3.22. The predicted molar refractivity (Wildman–Crippen MR) is 105 cm³/mol. The lowest BCUT2D eigenvalue weighted by Crippen LogP contribution is -2.27. The van der Waals surface area contributed by atoms with Crippen molar-refractivity contribution in [3.8, 4) is 11.5 Å². The molecule has 2 aromatic carbocycles. The average molecular weight is 413 g/mol. The van der Waals surface area contributed by atoms with Crippen molar-refractivity contribution in [2.45, 2.75) is 13.0 Å². The lowest BCUT2D eigenvalue weighted by atomic mass is 10.1. The fourth-order valence-electron chi connectivity index (χ4n) is 2.46. The van der Waals surface area contributed by atoms with E-state index in [1.165, 1.54) is 25.3 Å². The number of benzene rings is 2. The Morgan fingerprint density at radius 2 is 1.74 bits per heavy atom. The Morgan fingerprint density at radius 1 is 1.07 bits per heavy atom. The van der Waals surface area contributed by atoms with Crippen molar-refractivity contribution in [3.05, 3.63) is 52.5 Å². The average Bonchev–Trinajstić information content (AvgIpc) is 2.61. The molecule has 0 bridgehead atoms.